The Balaban J connectivity index is 2.01. The van der Waals surface area contributed by atoms with Crippen LogP contribution in [-0.4, -0.2) is 31.1 Å². The summed E-state index contributed by atoms with van der Waals surface area (Å²) in [6, 6.07) is 11.2. The van der Waals surface area contributed by atoms with Crippen molar-refractivity contribution >= 4 is 15.9 Å². The number of benzene rings is 2. The predicted octanol–water partition coefficient (Wildman–Crippen LogP) is 4.18. The Kier molecular flexibility index (Phi) is 5.32. The zero-order chi connectivity index (χ0) is 20.5. The first-order valence-electron chi connectivity index (χ1n) is 9.28. The number of nitrogens with zero attached hydrogens (tertiary/aromatic N) is 2. The fourth-order valence-corrected chi connectivity index (χ4v) is 4.09. The van der Waals surface area contributed by atoms with Crippen molar-refractivity contribution < 1.29 is 14.2 Å². The van der Waals surface area contributed by atoms with Gasteiger partial charge in [0.05, 0.1) is 27.0 Å². The van der Waals surface area contributed by atoms with E-state index in [0.29, 0.717) is 22.9 Å². The summed E-state index contributed by atoms with van der Waals surface area (Å²) in [4.78, 5) is 13.3. The lowest BCUT2D eigenvalue weighted by Gasteiger charge is -2.16. The van der Waals surface area contributed by atoms with Gasteiger partial charge in [-0.05, 0) is 55.2 Å². The van der Waals surface area contributed by atoms with Gasteiger partial charge in [-0.1, -0.05) is 15.9 Å². The minimum absolute atomic E-state index is 0.104. The average molecular weight is 457 g/mol. The first kappa shape index (κ1) is 19.5. The van der Waals surface area contributed by atoms with Crippen molar-refractivity contribution in [3.63, 3.8) is 0 Å². The summed E-state index contributed by atoms with van der Waals surface area (Å²) in [5.74, 6) is 1.92. The molecule has 0 unspecified atom stereocenters. The second-order valence-corrected chi connectivity index (χ2v) is 7.71. The summed E-state index contributed by atoms with van der Waals surface area (Å²) in [5, 5.41) is 4.78. The van der Waals surface area contributed by atoms with E-state index in [-0.39, 0.29) is 5.56 Å². The summed E-state index contributed by atoms with van der Waals surface area (Å²) >= 11 is 3.48. The highest BCUT2D eigenvalue weighted by molar-refractivity contribution is 9.10. The van der Waals surface area contributed by atoms with Gasteiger partial charge in [0, 0.05) is 21.7 Å². The number of rotatable bonds is 5. The highest BCUT2D eigenvalue weighted by Gasteiger charge is 2.25. The third kappa shape index (κ3) is 3.51. The van der Waals surface area contributed by atoms with Gasteiger partial charge in [0.1, 0.15) is 22.9 Å². The highest BCUT2D eigenvalue weighted by Crippen LogP contribution is 2.35. The molecule has 0 spiro atoms. The van der Waals surface area contributed by atoms with Gasteiger partial charge in [-0.3, -0.25) is 4.79 Å². The zero-order valence-electron chi connectivity index (χ0n) is 16.5. The van der Waals surface area contributed by atoms with Crippen molar-refractivity contribution in [1.82, 2.24) is 9.78 Å². The quantitative estimate of drug-likeness (QED) is 0.576. The van der Waals surface area contributed by atoms with Crippen molar-refractivity contribution in [3.8, 4) is 34.2 Å². The van der Waals surface area contributed by atoms with Gasteiger partial charge in [-0.15, -0.1) is 0 Å². The molecular weight excluding hydrogens is 436 g/mol. The Hall–Kier alpha value is -2.80. The van der Waals surface area contributed by atoms with Gasteiger partial charge in [-0.25, -0.2) is 0 Å². The van der Waals surface area contributed by atoms with E-state index in [0.717, 1.165) is 46.1 Å². The van der Waals surface area contributed by atoms with Crippen molar-refractivity contribution in [2.75, 3.05) is 21.3 Å². The zero-order valence-corrected chi connectivity index (χ0v) is 18.1. The second kappa shape index (κ2) is 7.91. The van der Waals surface area contributed by atoms with Crippen LogP contribution in [0.15, 0.2) is 45.7 Å². The smallest absolute Gasteiger partial charge is 0.275 e. The summed E-state index contributed by atoms with van der Waals surface area (Å²) in [7, 11) is 4.81. The number of fused-ring (bicyclic) bond motifs is 1. The summed E-state index contributed by atoms with van der Waals surface area (Å²) in [6.45, 7) is 0. The molecule has 29 heavy (non-hydrogen) atoms. The molecule has 1 heterocycles. The number of aromatic nitrogens is 2. The Morgan fingerprint density at radius 1 is 0.931 bits per heavy atom. The SMILES string of the molecule is COc1cc(OC)cc(-c2nn(-c3cc(Br)ccc3OC)c(=O)c3c2CCC3)c1. The number of halogens is 1. The van der Waals surface area contributed by atoms with E-state index >= 15 is 0 Å². The molecule has 1 aliphatic carbocycles. The van der Waals surface area contributed by atoms with Gasteiger partial charge in [0.25, 0.3) is 5.56 Å². The summed E-state index contributed by atoms with van der Waals surface area (Å²) < 4.78 is 18.6. The molecule has 150 valence electrons. The third-order valence-corrected chi connectivity index (χ3v) is 5.64. The number of hydrogen-bond acceptors (Lipinski definition) is 5. The Labute approximate surface area is 177 Å². The molecule has 2 aromatic carbocycles. The van der Waals surface area contributed by atoms with Crippen LogP contribution in [0.25, 0.3) is 16.9 Å². The minimum Gasteiger partial charge on any atom is -0.497 e. The second-order valence-electron chi connectivity index (χ2n) is 6.79. The van der Waals surface area contributed by atoms with E-state index in [1.807, 2.05) is 36.4 Å². The number of ether oxygens (including phenoxy) is 3. The van der Waals surface area contributed by atoms with E-state index in [4.69, 9.17) is 19.3 Å². The van der Waals surface area contributed by atoms with E-state index in [1.165, 1.54) is 4.68 Å². The first-order valence-corrected chi connectivity index (χ1v) is 10.1. The van der Waals surface area contributed by atoms with Gasteiger partial charge in [0.2, 0.25) is 0 Å². The molecule has 0 saturated heterocycles. The maximum Gasteiger partial charge on any atom is 0.275 e. The molecule has 0 fully saturated rings. The fourth-order valence-electron chi connectivity index (χ4n) is 3.74. The molecule has 0 bridgehead atoms. The molecular formula is C22H21BrN2O4. The molecule has 0 saturated carbocycles. The number of hydrogen-bond donors (Lipinski definition) is 0. The monoisotopic (exact) mass is 456 g/mol. The van der Waals surface area contributed by atoms with Crippen LogP contribution in [0.3, 0.4) is 0 Å². The van der Waals surface area contributed by atoms with Crippen LogP contribution < -0.4 is 19.8 Å². The fraction of sp³-hybridized carbons (Fsp3) is 0.273. The largest absolute Gasteiger partial charge is 0.497 e. The molecule has 0 N–H and O–H groups in total. The first-order chi connectivity index (χ1) is 14.0. The molecule has 0 radical (unpaired) electrons. The molecule has 1 aliphatic rings. The standard InChI is InChI=1S/C22H21BrN2O4/c1-27-15-9-13(10-16(12-15)28-2)21-17-5-4-6-18(17)22(26)25(24-21)19-11-14(23)7-8-20(19)29-3/h7-12H,4-6H2,1-3H3. The molecule has 6 nitrogen and oxygen atoms in total. The van der Waals surface area contributed by atoms with Gasteiger partial charge in [0.15, 0.2) is 0 Å². The van der Waals surface area contributed by atoms with Crippen molar-refractivity contribution in [3.05, 3.63) is 62.4 Å². The van der Waals surface area contributed by atoms with E-state index in [9.17, 15) is 4.79 Å². The Morgan fingerprint density at radius 2 is 1.62 bits per heavy atom. The molecule has 1 aromatic heterocycles. The minimum atomic E-state index is -0.104. The van der Waals surface area contributed by atoms with Crippen LogP contribution in [0.1, 0.15) is 17.5 Å². The van der Waals surface area contributed by atoms with E-state index in [2.05, 4.69) is 15.9 Å². The molecule has 3 aromatic rings. The third-order valence-electron chi connectivity index (χ3n) is 5.15. The van der Waals surface area contributed by atoms with Crippen LogP contribution in [0.2, 0.25) is 0 Å². The molecule has 4 rings (SSSR count). The van der Waals surface area contributed by atoms with Crippen LogP contribution >= 0.6 is 15.9 Å². The van der Waals surface area contributed by atoms with Crippen LogP contribution in [0, 0.1) is 0 Å². The van der Waals surface area contributed by atoms with Crippen molar-refractivity contribution in [2.45, 2.75) is 19.3 Å². The number of methoxy groups -OCH3 is 3. The molecule has 0 aliphatic heterocycles. The molecule has 0 atom stereocenters. The van der Waals surface area contributed by atoms with Gasteiger partial charge >= 0.3 is 0 Å². The van der Waals surface area contributed by atoms with Gasteiger partial charge in [-0.2, -0.15) is 9.78 Å². The van der Waals surface area contributed by atoms with Gasteiger partial charge < -0.3 is 14.2 Å². The lowest BCUT2D eigenvalue weighted by molar-refractivity contribution is 0.394. The average Bonchev–Trinajstić information content (AvgIpc) is 3.24. The lowest BCUT2D eigenvalue weighted by atomic mass is 10.0. The van der Waals surface area contributed by atoms with E-state index in [1.54, 1.807) is 21.3 Å². The van der Waals surface area contributed by atoms with Crippen molar-refractivity contribution in [1.29, 1.82) is 0 Å². The Bertz CT molecular complexity index is 1120. The normalized spacial score (nSPS) is 12.6. The highest BCUT2D eigenvalue weighted by atomic mass is 79.9. The summed E-state index contributed by atoms with van der Waals surface area (Å²) in [5.41, 5.74) is 3.90. The maximum absolute atomic E-state index is 13.3. The van der Waals surface area contributed by atoms with Crippen LogP contribution in [0.4, 0.5) is 0 Å². The maximum atomic E-state index is 13.3. The van der Waals surface area contributed by atoms with Crippen molar-refractivity contribution in [2.24, 2.45) is 0 Å². The summed E-state index contributed by atoms with van der Waals surface area (Å²) in [6.07, 6.45) is 2.49. The lowest BCUT2D eigenvalue weighted by Crippen LogP contribution is -2.26. The van der Waals surface area contributed by atoms with E-state index < -0.39 is 0 Å². The topological polar surface area (TPSA) is 62.6 Å². The predicted molar refractivity (Wildman–Crippen MR) is 115 cm³/mol. The van der Waals surface area contributed by atoms with Crippen LogP contribution in [0.5, 0.6) is 17.2 Å². The Morgan fingerprint density at radius 3 is 2.28 bits per heavy atom. The molecule has 7 heteroatoms. The van der Waals surface area contributed by atoms with Crippen LogP contribution in [-0.2, 0) is 12.8 Å². The molecule has 0 amide bonds.